The molecule has 24 heavy (non-hydrogen) atoms. The minimum absolute atomic E-state index is 0.133. The monoisotopic (exact) mass is 377 g/mol. The van der Waals surface area contributed by atoms with Crippen molar-refractivity contribution in [3.63, 3.8) is 0 Å². The number of phosphoric ester groups is 1. The number of nitrogens with two attached hydrogens (primary N) is 1. The van der Waals surface area contributed by atoms with E-state index in [1.54, 1.807) is 4.57 Å². The number of nitrogen functional groups attached to an aromatic ring is 1. The molecule has 11 nitrogen and oxygen atoms in total. The summed E-state index contributed by atoms with van der Waals surface area (Å²) in [5.41, 5.74) is 6.62. The van der Waals surface area contributed by atoms with Crippen LogP contribution in [-0.2, 0) is 18.3 Å². The van der Waals surface area contributed by atoms with Gasteiger partial charge >= 0.3 is 7.82 Å². The molecule has 0 aromatic carbocycles. The minimum Gasteiger partial charge on any atom is -0.390 e. The van der Waals surface area contributed by atoms with E-state index in [9.17, 15) is 14.6 Å². The standard InChI is InChI=1S/C11H16N5O6PS/c1-20-23(18,19)21-3-6-5(17)2-7(22-6)16-4-13-8-9(16)14-11(12)15-10(8)24/h4-7,17H,2-3H2,1H3,(H,18,19)(H3,12,14,15,24)/t5-,6+,7+/m0/s1. The molecule has 0 amide bonds. The number of aromatic amines is 1. The molecular weight excluding hydrogens is 361 g/mol. The molecule has 5 N–H and O–H groups in total. The van der Waals surface area contributed by atoms with Gasteiger partial charge < -0.3 is 25.5 Å². The Morgan fingerprint density at radius 2 is 2.42 bits per heavy atom. The van der Waals surface area contributed by atoms with Crippen LogP contribution in [0, 0.1) is 4.64 Å². The third kappa shape index (κ3) is 3.35. The number of hydrogen-bond donors (Lipinski definition) is 4. The van der Waals surface area contributed by atoms with Crippen LogP contribution in [-0.4, -0.2) is 55.4 Å². The van der Waals surface area contributed by atoms with Crippen molar-refractivity contribution >= 4 is 37.2 Å². The highest BCUT2D eigenvalue weighted by atomic mass is 32.1. The van der Waals surface area contributed by atoms with E-state index in [0.29, 0.717) is 11.2 Å². The maximum Gasteiger partial charge on any atom is 0.472 e. The van der Waals surface area contributed by atoms with E-state index in [0.717, 1.165) is 7.11 Å². The van der Waals surface area contributed by atoms with Gasteiger partial charge in [-0.15, -0.1) is 0 Å². The van der Waals surface area contributed by atoms with E-state index in [2.05, 4.69) is 19.5 Å². The number of ether oxygens (including phenoxy) is 1. The van der Waals surface area contributed by atoms with Crippen LogP contribution >= 0.6 is 20.0 Å². The Bertz CT molecular complexity index is 855. The van der Waals surface area contributed by atoms with Gasteiger partial charge in [0.15, 0.2) is 10.6 Å². The molecule has 1 saturated heterocycles. The van der Waals surface area contributed by atoms with Gasteiger partial charge in [0, 0.05) is 13.5 Å². The van der Waals surface area contributed by atoms with Crippen molar-refractivity contribution in [3.8, 4) is 0 Å². The van der Waals surface area contributed by atoms with Gasteiger partial charge in [0.1, 0.15) is 23.5 Å². The summed E-state index contributed by atoms with van der Waals surface area (Å²) < 4.78 is 28.0. The van der Waals surface area contributed by atoms with Crippen LogP contribution in [0.3, 0.4) is 0 Å². The Kier molecular flexibility index (Phi) is 4.71. The van der Waals surface area contributed by atoms with E-state index in [1.807, 2.05) is 0 Å². The lowest BCUT2D eigenvalue weighted by molar-refractivity contribution is -0.0431. The fourth-order valence-electron chi connectivity index (χ4n) is 2.43. The second-order valence-electron chi connectivity index (χ2n) is 5.16. The van der Waals surface area contributed by atoms with Crippen LogP contribution in [0.15, 0.2) is 6.33 Å². The van der Waals surface area contributed by atoms with Crippen molar-refractivity contribution in [2.45, 2.75) is 24.9 Å². The van der Waals surface area contributed by atoms with Crippen LogP contribution in [0.2, 0.25) is 0 Å². The molecule has 1 unspecified atom stereocenters. The fourth-order valence-corrected chi connectivity index (χ4v) is 3.12. The second-order valence-corrected chi connectivity index (χ2v) is 7.10. The maximum absolute atomic E-state index is 11.3. The molecule has 0 bridgehead atoms. The summed E-state index contributed by atoms with van der Waals surface area (Å²) in [6, 6.07) is 0. The van der Waals surface area contributed by atoms with Gasteiger partial charge in [0.05, 0.1) is 19.0 Å². The number of hydrogen-bond acceptors (Lipinski definition) is 9. The first-order chi connectivity index (χ1) is 11.3. The van der Waals surface area contributed by atoms with Crippen LogP contribution in [0.4, 0.5) is 5.95 Å². The summed E-state index contributed by atoms with van der Waals surface area (Å²) >= 11 is 5.10. The predicted octanol–water partition coefficient (Wildman–Crippen LogP) is 0.483. The minimum atomic E-state index is -4.14. The molecule has 0 aliphatic carbocycles. The lowest BCUT2D eigenvalue weighted by atomic mass is 10.2. The first-order valence-corrected chi connectivity index (χ1v) is 8.80. The number of aromatic nitrogens is 4. The number of aliphatic hydroxyl groups is 1. The average Bonchev–Trinajstić information content (AvgIpc) is 3.09. The largest absolute Gasteiger partial charge is 0.472 e. The quantitative estimate of drug-likeness (QED) is 0.426. The number of phosphoric acid groups is 1. The lowest BCUT2D eigenvalue weighted by Crippen LogP contribution is -2.26. The normalized spacial score (nSPS) is 26.7. The Labute approximate surface area is 141 Å². The molecule has 132 valence electrons. The van der Waals surface area contributed by atoms with E-state index >= 15 is 0 Å². The molecule has 2 aromatic rings. The van der Waals surface area contributed by atoms with Gasteiger partial charge in [-0.05, 0) is 0 Å². The highest BCUT2D eigenvalue weighted by Crippen LogP contribution is 2.43. The van der Waals surface area contributed by atoms with Crippen molar-refractivity contribution in [2.24, 2.45) is 0 Å². The van der Waals surface area contributed by atoms with Crippen molar-refractivity contribution in [1.29, 1.82) is 0 Å². The summed E-state index contributed by atoms with van der Waals surface area (Å²) in [7, 11) is -3.09. The third-order valence-electron chi connectivity index (χ3n) is 3.61. The highest BCUT2D eigenvalue weighted by Gasteiger charge is 2.37. The van der Waals surface area contributed by atoms with Crippen molar-refractivity contribution in [1.82, 2.24) is 19.5 Å². The second kappa shape index (κ2) is 6.48. The van der Waals surface area contributed by atoms with Gasteiger partial charge in [0.2, 0.25) is 0 Å². The molecule has 0 spiro atoms. The molecule has 2 aromatic heterocycles. The zero-order valence-corrected chi connectivity index (χ0v) is 14.2. The van der Waals surface area contributed by atoms with Crippen molar-refractivity contribution < 1.29 is 28.3 Å². The zero-order chi connectivity index (χ0) is 17.5. The van der Waals surface area contributed by atoms with Gasteiger partial charge in [-0.25, -0.2) is 14.5 Å². The van der Waals surface area contributed by atoms with Gasteiger partial charge in [0.25, 0.3) is 0 Å². The van der Waals surface area contributed by atoms with Gasteiger partial charge in [-0.2, -0.15) is 0 Å². The first kappa shape index (κ1) is 17.4. The molecule has 4 atom stereocenters. The van der Waals surface area contributed by atoms with E-state index in [-0.39, 0.29) is 23.6 Å². The molecule has 0 saturated carbocycles. The summed E-state index contributed by atoms with van der Waals surface area (Å²) in [5.74, 6) is 0.133. The predicted molar refractivity (Wildman–Crippen MR) is 84.4 cm³/mol. The number of fused-ring (bicyclic) bond motifs is 1. The smallest absolute Gasteiger partial charge is 0.390 e. The molecule has 3 rings (SSSR count). The maximum atomic E-state index is 11.3. The number of anilines is 1. The van der Waals surface area contributed by atoms with Crippen LogP contribution in [0.25, 0.3) is 11.2 Å². The molecule has 13 heteroatoms. The first-order valence-electron chi connectivity index (χ1n) is 6.89. The van der Waals surface area contributed by atoms with E-state index in [1.165, 1.54) is 6.33 Å². The Balaban J connectivity index is 1.80. The SMILES string of the molecule is COP(=O)(O)OC[C@H]1O[C@@H](n2cnc3c(=S)nc(N)[nH]c32)C[C@@H]1O. The van der Waals surface area contributed by atoms with Gasteiger partial charge in [-0.3, -0.25) is 13.6 Å². The fraction of sp³-hybridized carbons (Fsp3) is 0.545. The number of H-pyrrole nitrogens is 1. The van der Waals surface area contributed by atoms with Crippen LogP contribution in [0.1, 0.15) is 12.6 Å². The Hall–Kier alpha value is -1.40. The molecule has 1 aliphatic rings. The molecule has 1 aliphatic heterocycles. The van der Waals surface area contributed by atoms with Crippen molar-refractivity contribution in [3.05, 3.63) is 11.0 Å². The summed E-state index contributed by atoms with van der Waals surface area (Å²) in [6.45, 7) is -0.300. The summed E-state index contributed by atoms with van der Waals surface area (Å²) in [6.07, 6.45) is -0.557. The highest BCUT2D eigenvalue weighted by molar-refractivity contribution is 7.71. The van der Waals surface area contributed by atoms with E-state index in [4.69, 9.17) is 27.2 Å². The average molecular weight is 377 g/mol. The zero-order valence-electron chi connectivity index (χ0n) is 12.5. The molecular formula is C11H16N5O6PS. The number of nitrogens with zero attached hydrogens (tertiary/aromatic N) is 3. The van der Waals surface area contributed by atoms with Crippen LogP contribution < -0.4 is 5.73 Å². The molecule has 1 fully saturated rings. The van der Waals surface area contributed by atoms with Crippen LogP contribution in [0.5, 0.6) is 0 Å². The van der Waals surface area contributed by atoms with Crippen molar-refractivity contribution in [2.75, 3.05) is 19.5 Å². The van der Waals surface area contributed by atoms with E-state index < -0.39 is 26.3 Å². The number of imidazole rings is 1. The molecule has 3 heterocycles. The summed E-state index contributed by atoms with van der Waals surface area (Å²) in [5, 5.41) is 10.1. The lowest BCUT2D eigenvalue weighted by Gasteiger charge is -2.17. The number of rotatable bonds is 5. The van der Waals surface area contributed by atoms with Gasteiger partial charge in [-0.1, -0.05) is 12.2 Å². The molecule has 0 radical (unpaired) electrons. The topological polar surface area (TPSA) is 158 Å². The number of nitrogens with one attached hydrogen (secondary N) is 1. The Morgan fingerprint density at radius 1 is 1.67 bits per heavy atom. The Morgan fingerprint density at radius 3 is 3.12 bits per heavy atom. The third-order valence-corrected chi connectivity index (χ3v) is 4.83. The summed E-state index contributed by atoms with van der Waals surface area (Å²) in [4.78, 5) is 20.2. The number of aliphatic hydroxyl groups excluding tert-OH is 1.